The fourth-order valence-electron chi connectivity index (χ4n) is 2.48. The minimum Gasteiger partial charge on any atom is -0.335 e. The molecule has 1 aromatic heterocycles. The third kappa shape index (κ3) is 3.76. The molecule has 1 aliphatic rings. The summed E-state index contributed by atoms with van der Waals surface area (Å²) in [5, 5.41) is 6.19. The van der Waals surface area contributed by atoms with Gasteiger partial charge >= 0.3 is 0 Å². The molecule has 1 aliphatic heterocycles. The lowest BCUT2D eigenvalue weighted by Crippen LogP contribution is -2.43. The van der Waals surface area contributed by atoms with E-state index in [0.29, 0.717) is 11.6 Å². The highest BCUT2D eigenvalue weighted by Gasteiger charge is 2.25. The van der Waals surface area contributed by atoms with Crippen molar-refractivity contribution in [2.45, 2.75) is 39.7 Å². The molecule has 0 aromatic carbocycles. The second-order valence-electron chi connectivity index (χ2n) is 5.50. The Morgan fingerprint density at radius 1 is 1.53 bits per heavy atom. The quantitative estimate of drug-likeness (QED) is 0.921. The molecule has 1 aromatic rings. The number of aryl methyl sites for hydroxylation is 1. The van der Waals surface area contributed by atoms with Gasteiger partial charge in [-0.15, -0.1) is 11.3 Å². The summed E-state index contributed by atoms with van der Waals surface area (Å²) < 4.78 is 0. The summed E-state index contributed by atoms with van der Waals surface area (Å²) >= 11 is 1.54. The van der Waals surface area contributed by atoms with E-state index in [4.69, 9.17) is 0 Å². The van der Waals surface area contributed by atoms with E-state index in [9.17, 15) is 4.79 Å². The summed E-state index contributed by atoms with van der Waals surface area (Å²) in [6, 6.07) is 0.226. The molecule has 1 N–H and O–H groups in total. The molecule has 0 bridgehead atoms. The van der Waals surface area contributed by atoms with Gasteiger partial charge in [0.15, 0.2) is 0 Å². The molecule has 19 heavy (non-hydrogen) atoms. The van der Waals surface area contributed by atoms with E-state index >= 15 is 0 Å². The van der Waals surface area contributed by atoms with E-state index in [-0.39, 0.29) is 11.9 Å². The maximum atomic E-state index is 12.5. The molecular weight excluding hydrogens is 258 g/mol. The second kappa shape index (κ2) is 6.48. The first kappa shape index (κ1) is 14.5. The van der Waals surface area contributed by atoms with Gasteiger partial charge in [0.1, 0.15) is 5.69 Å². The molecule has 0 atom stereocenters. The van der Waals surface area contributed by atoms with Crippen molar-refractivity contribution in [2.75, 3.05) is 19.6 Å². The average molecular weight is 281 g/mol. The fraction of sp³-hybridized carbons (Fsp3) is 0.714. The van der Waals surface area contributed by atoms with Crippen LogP contribution in [0, 0.1) is 12.8 Å². The van der Waals surface area contributed by atoms with Crippen LogP contribution in [-0.2, 0) is 0 Å². The topological polar surface area (TPSA) is 45.2 Å². The molecule has 1 saturated heterocycles. The highest BCUT2D eigenvalue weighted by molar-refractivity contribution is 7.09. The van der Waals surface area contributed by atoms with Crippen LogP contribution in [0.2, 0.25) is 0 Å². The normalized spacial score (nSPS) is 16.8. The smallest absolute Gasteiger partial charge is 0.273 e. The molecule has 1 amide bonds. The largest absolute Gasteiger partial charge is 0.335 e. The number of thiazole rings is 1. The van der Waals surface area contributed by atoms with Crippen LogP contribution >= 0.6 is 11.3 Å². The number of hydrogen-bond acceptors (Lipinski definition) is 4. The summed E-state index contributed by atoms with van der Waals surface area (Å²) in [4.78, 5) is 18.8. The predicted octanol–water partition coefficient (Wildman–Crippen LogP) is 2.30. The number of hydrogen-bond donors (Lipinski definition) is 1. The summed E-state index contributed by atoms with van der Waals surface area (Å²) in [5.41, 5.74) is 0.602. The maximum Gasteiger partial charge on any atom is 0.273 e. The number of carbonyl (C=O) groups excluding carboxylic acids is 1. The third-order valence-electron chi connectivity index (χ3n) is 3.64. The Hall–Kier alpha value is -0.940. The van der Waals surface area contributed by atoms with Gasteiger partial charge in [-0.1, -0.05) is 0 Å². The van der Waals surface area contributed by atoms with Gasteiger partial charge in [0.05, 0.1) is 5.01 Å². The first-order chi connectivity index (χ1) is 9.08. The molecule has 106 valence electrons. The van der Waals surface area contributed by atoms with Crippen molar-refractivity contribution >= 4 is 17.2 Å². The van der Waals surface area contributed by atoms with Gasteiger partial charge in [0.25, 0.3) is 5.91 Å². The van der Waals surface area contributed by atoms with E-state index in [0.717, 1.165) is 37.5 Å². The summed E-state index contributed by atoms with van der Waals surface area (Å²) in [6.45, 7) is 9.10. The standard InChI is InChI=1S/C14H23N3OS/c1-10(2)17(8-12-4-6-15-7-5-12)14(18)13-9-19-11(3)16-13/h9-10,12,15H,4-8H2,1-3H3. The molecule has 0 saturated carbocycles. The lowest BCUT2D eigenvalue weighted by atomic mass is 9.97. The highest BCUT2D eigenvalue weighted by Crippen LogP contribution is 2.18. The lowest BCUT2D eigenvalue weighted by molar-refractivity contribution is 0.0652. The Balaban J connectivity index is 2.04. The van der Waals surface area contributed by atoms with Crippen LogP contribution in [0.1, 0.15) is 42.2 Å². The number of nitrogens with one attached hydrogen (secondary N) is 1. The average Bonchev–Trinajstić information content (AvgIpc) is 2.83. The van der Waals surface area contributed by atoms with Crippen molar-refractivity contribution in [3.8, 4) is 0 Å². The summed E-state index contributed by atoms with van der Waals surface area (Å²) in [7, 11) is 0. The number of rotatable bonds is 4. The number of piperidine rings is 1. The van der Waals surface area contributed by atoms with E-state index < -0.39 is 0 Å². The number of nitrogens with zero attached hydrogens (tertiary/aromatic N) is 2. The van der Waals surface area contributed by atoms with Gasteiger partial charge in [-0.25, -0.2) is 4.98 Å². The monoisotopic (exact) mass is 281 g/mol. The zero-order valence-electron chi connectivity index (χ0n) is 12.0. The Morgan fingerprint density at radius 3 is 2.74 bits per heavy atom. The predicted molar refractivity (Wildman–Crippen MR) is 78.6 cm³/mol. The summed E-state index contributed by atoms with van der Waals surface area (Å²) in [5.74, 6) is 0.699. The lowest BCUT2D eigenvalue weighted by Gasteiger charge is -2.32. The van der Waals surface area contributed by atoms with Gasteiger partial charge in [-0.2, -0.15) is 0 Å². The van der Waals surface area contributed by atoms with Crippen molar-refractivity contribution in [3.05, 3.63) is 16.1 Å². The Labute approximate surface area is 119 Å². The van der Waals surface area contributed by atoms with Crippen molar-refractivity contribution in [1.82, 2.24) is 15.2 Å². The van der Waals surface area contributed by atoms with Crippen molar-refractivity contribution in [2.24, 2.45) is 5.92 Å². The third-order valence-corrected chi connectivity index (χ3v) is 4.41. The van der Waals surface area contributed by atoms with Crippen LogP contribution in [0.3, 0.4) is 0 Å². The maximum absolute atomic E-state index is 12.5. The molecule has 2 heterocycles. The van der Waals surface area contributed by atoms with Gasteiger partial charge in [-0.05, 0) is 52.6 Å². The molecule has 4 nitrogen and oxygen atoms in total. The molecule has 2 rings (SSSR count). The number of amides is 1. The molecule has 0 unspecified atom stereocenters. The van der Waals surface area contributed by atoms with E-state index in [1.54, 1.807) is 0 Å². The zero-order chi connectivity index (χ0) is 13.8. The SMILES string of the molecule is Cc1nc(C(=O)N(CC2CCNCC2)C(C)C)cs1. The first-order valence-corrected chi connectivity index (χ1v) is 7.89. The highest BCUT2D eigenvalue weighted by atomic mass is 32.1. The van der Waals surface area contributed by atoms with Crippen LogP contribution in [0.4, 0.5) is 0 Å². The molecule has 5 heteroatoms. The van der Waals surface area contributed by atoms with Crippen LogP contribution in [-0.4, -0.2) is 41.5 Å². The van der Waals surface area contributed by atoms with E-state index in [1.165, 1.54) is 11.3 Å². The van der Waals surface area contributed by atoms with Crippen molar-refractivity contribution < 1.29 is 4.79 Å². The molecule has 0 radical (unpaired) electrons. The minimum atomic E-state index is 0.0814. The Kier molecular flexibility index (Phi) is 4.93. The first-order valence-electron chi connectivity index (χ1n) is 7.01. The molecule has 1 fully saturated rings. The Bertz CT molecular complexity index is 424. The molecule has 0 aliphatic carbocycles. The van der Waals surface area contributed by atoms with Gasteiger partial charge in [0, 0.05) is 18.0 Å². The molecule has 0 spiro atoms. The van der Waals surface area contributed by atoms with E-state index in [2.05, 4.69) is 24.1 Å². The van der Waals surface area contributed by atoms with Gasteiger partial charge in [0.2, 0.25) is 0 Å². The minimum absolute atomic E-state index is 0.0814. The zero-order valence-corrected chi connectivity index (χ0v) is 12.8. The van der Waals surface area contributed by atoms with Crippen LogP contribution in [0.15, 0.2) is 5.38 Å². The van der Waals surface area contributed by atoms with Crippen molar-refractivity contribution in [3.63, 3.8) is 0 Å². The van der Waals surface area contributed by atoms with Gasteiger partial charge < -0.3 is 10.2 Å². The number of aromatic nitrogens is 1. The van der Waals surface area contributed by atoms with Crippen LogP contribution < -0.4 is 5.32 Å². The van der Waals surface area contributed by atoms with Crippen LogP contribution in [0.25, 0.3) is 0 Å². The Morgan fingerprint density at radius 2 is 2.21 bits per heavy atom. The van der Waals surface area contributed by atoms with Gasteiger partial charge in [-0.3, -0.25) is 4.79 Å². The summed E-state index contributed by atoms with van der Waals surface area (Å²) in [6.07, 6.45) is 2.32. The van der Waals surface area contributed by atoms with Crippen LogP contribution in [0.5, 0.6) is 0 Å². The molecular formula is C14H23N3OS. The second-order valence-corrected chi connectivity index (χ2v) is 6.56. The number of carbonyl (C=O) groups is 1. The fourth-order valence-corrected chi connectivity index (χ4v) is 3.07. The van der Waals surface area contributed by atoms with E-state index in [1.807, 2.05) is 17.2 Å². The van der Waals surface area contributed by atoms with Crippen molar-refractivity contribution in [1.29, 1.82) is 0 Å².